The Bertz CT molecular complexity index is 636. The molecule has 0 saturated carbocycles. The predicted octanol–water partition coefficient (Wildman–Crippen LogP) is 3.19. The summed E-state index contributed by atoms with van der Waals surface area (Å²) < 4.78 is 5.95. The average molecular weight is 312 g/mol. The number of likely N-dealkylation sites (tertiary alicyclic amines) is 1. The molecule has 2 aromatic rings. The van der Waals surface area contributed by atoms with Gasteiger partial charge in [0.15, 0.2) is 0 Å². The summed E-state index contributed by atoms with van der Waals surface area (Å²) in [6.45, 7) is 4.17. The largest absolute Gasteiger partial charge is 0.376 e. The van der Waals surface area contributed by atoms with Gasteiger partial charge in [-0.3, -0.25) is 4.79 Å². The molecule has 1 aliphatic rings. The highest BCUT2D eigenvalue weighted by molar-refractivity contribution is 5.95. The van der Waals surface area contributed by atoms with E-state index in [0.717, 1.165) is 43.7 Å². The smallest absolute Gasteiger partial charge is 0.255 e. The molecule has 1 aromatic carbocycles. The second kappa shape index (κ2) is 7.47. The first-order chi connectivity index (χ1) is 11.2. The van der Waals surface area contributed by atoms with Gasteiger partial charge in [-0.05, 0) is 37.8 Å². The molecule has 1 N–H and O–H groups in total. The zero-order chi connectivity index (χ0) is 16.1. The Balaban J connectivity index is 1.40. The standard InChI is InChI=1S/C19H24N2O2/c1-15-18(9-11-20-15)19(22)21-12-10-17(14-21)23-13-5-8-16-6-3-2-4-7-16/h2-4,6-7,9,11,17,20H,5,8,10,12-14H2,1H3/t17-/m0/s1. The lowest BCUT2D eigenvalue weighted by Gasteiger charge is -2.16. The van der Waals surface area contributed by atoms with Crippen molar-refractivity contribution in [1.29, 1.82) is 0 Å². The van der Waals surface area contributed by atoms with E-state index >= 15 is 0 Å². The van der Waals surface area contributed by atoms with Crippen LogP contribution in [0.1, 0.15) is 34.5 Å². The van der Waals surface area contributed by atoms with E-state index in [9.17, 15) is 4.79 Å². The molecule has 0 bridgehead atoms. The summed E-state index contributed by atoms with van der Waals surface area (Å²) in [7, 11) is 0. The fourth-order valence-corrected chi connectivity index (χ4v) is 3.07. The maximum atomic E-state index is 12.4. The predicted molar refractivity (Wildman–Crippen MR) is 90.6 cm³/mol. The SMILES string of the molecule is Cc1[nH]ccc1C(=O)N1CC[C@H](OCCCc2ccccc2)C1. The highest BCUT2D eigenvalue weighted by Crippen LogP contribution is 2.18. The van der Waals surface area contributed by atoms with Crippen molar-refractivity contribution in [2.75, 3.05) is 19.7 Å². The van der Waals surface area contributed by atoms with Crippen LogP contribution in [-0.4, -0.2) is 41.6 Å². The Hall–Kier alpha value is -2.07. The van der Waals surface area contributed by atoms with Gasteiger partial charge in [0.1, 0.15) is 0 Å². The van der Waals surface area contributed by atoms with Crippen molar-refractivity contribution >= 4 is 5.91 Å². The second-order valence-electron chi connectivity index (χ2n) is 6.14. The van der Waals surface area contributed by atoms with Crippen LogP contribution in [-0.2, 0) is 11.2 Å². The fourth-order valence-electron chi connectivity index (χ4n) is 3.07. The average Bonchev–Trinajstić information content (AvgIpc) is 3.21. The van der Waals surface area contributed by atoms with E-state index in [1.807, 2.05) is 30.2 Å². The van der Waals surface area contributed by atoms with Gasteiger partial charge in [0, 0.05) is 31.6 Å². The Morgan fingerprint density at radius 3 is 2.87 bits per heavy atom. The molecule has 1 amide bonds. The van der Waals surface area contributed by atoms with Crippen LogP contribution in [0.4, 0.5) is 0 Å². The van der Waals surface area contributed by atoms with Gasteiger partial charge in [0.25, 0.3) is 5.91 Å². The maximum Gasteiger partial charge on any atom is 0.255 e. The first-order valence-corrected chi connectivity index (χ1v) is 8.33. The molecule has 2 heterocycles. The van der Waals surface area contributed by atoms with Gasteiger partial charge >= 0.3 is 0 Å². The van der Waals surface area contributed by atoms with Crippen LogP contribution < -0.4 is 0 Å². The van der Waals surface area contributed by atoms with E-state index in [0.29, 0.717) is 6.54 Å². The number of nitrogens with zero attached hydrogens (tertiary/aromatic N) is 1. The number of aryl methyl sites for hydroxylation is 2. The van der Waals surface area contributed by atoms with Gasteiger partial charge in [-0.1, -0.05) is 30.3 Å². The molecule has 0 unspecified atom stereocenters. The zero-order valence-corrected chi connectivity index (χ0v) is 13.6. The summed E-state index contributed by atoms with van der Waals surface area (Å²) in [6, 6.07) is 12.3. The Labute approximate surface area is 137 Å². The van der Waals surface area contributed by atoms with Crippen molar-refractivity contribution in [2.45, 2.75) is 32.3 Å². The van der Waals surface area contributed by atoms with Crippen LogP contribution in [0.5, 0.6) is 0 Å². The number of carbonyl (C=O) groups excluding carboxylic acids is 1. The van der Waals surface area contributed by atoms with E-state index in [1.54, 1.807) is 0 Å². The van der Waals surface area contributed by atoms with E-state index in [4.69, 9.17) is 4.74 Å². The third-order valence-electron chi connectivity index (χ3n) is 4.42. The normalized spacial score (nSPS) is 17.6. The van der Waals surface area contributed by atoms with Gasteiger partial charge in [-0.15, -0.1) is 0 Å². The molecular weight excluding hydrogens is 288 g/mol. The van der Waals surface area contributed by atoms with Crippen molar-refractivity contribution in [3.63, 3.8) is 0 Å². The van der Waals surface area contributed by atoms with Crippen LogP contribution in [0, 0.1) is 6.92 Å². The molecule has 1 saturated heterocycles. The lowest BCUT2D eigenvalue weighted by Crippen LogP contribution is -2.30. The number of aromatic nitrogens is 1. The number of amides is 1. The Kier molecular flexibility index (Phi) is 5.13. The van der Waals surface area contributed by atoms with Crippen molar-refractivity contribution in [3.8, 4) is 0 Å². The lowest BCUT2D eigenvalue weighted by atomic mass is 10.1. The molecule has 3 rings (SSSR count). The summed E-state index contributed by atoms with van der Waals surface area (Å²) in [5.41, 5.74) is 3.05. The molecule has 4 heteroatoms. The van der Waals surface area contributed by atoms with E-state index in [2.05, 4.69) is 29.2 Å². The number of benzene rings is 1. The van der Waals surface area contributed by atoms with Gasteiger partial charge in [0.05, 0.1) is 11.7 Å². The third kappa shape index (κ3) is 4.02. The van der Waals surface area contributed by atoms with Crippen molar-refractivity contribution in [3.05, 3.63) is 59.4 Å². The monoisotopic (exact) mass is 312 g/mol. The Morgan fingerprint density at radius 1 is 1.30 bits per heavy atom. The molecule has 1 atom stereocenters. The number of hydrogen-bond donors (Lipinski definition) is 1. The van der Waals surface area contributed by atoms with E-state index in [1.165, 1.54) is 5.56 Å². The highest BCUT2D eigenvalue weighted by atomic mass is 16.5. The number of H-pyrrole nitrogens is 1. The summed E-state index contributed by atoms with van der Waals surface area (Å²) in [5, 5.41) is 0. The molecule has 1 aromatic heterocycles. The summed E-state index contributed by atoms with van der Waals surface area (Å²) in [5.74, 6) is 0.110. The second-order valence-corrected chi connectivity index (χ2v) is 6.14. The molecule has 122 valence electrons. The van der Waals surface area contributed by atoms with Gasteiger partial charge in [0.2, 0.25) is 0 Å². The van der Waals surface area contributed by atoms with E-state index in [-0.39, 0.29) is 12.0 Å². The number of carbonyl (C=O) groups is 1. The number of hydrogen-bond acceptors (Lipinski definition) is 2. The Morgan fingerprint density at radius 2 is 2.13 bits per heavy atom. The van der Waals surface area contributed by atoms with Gasteiger partial charge < -0.3 is 14.6 Å². The highest BCUT2D eigenvalue weighted by Gasteiger charge is 2.28. The topological polar surface area (TPSA) is 45.3 Å². The molecule has 4 nitrogen and oxygen atoms in total. The van der Waals surface area contributed by atoms with Crippen LogP contribution in [0.2, 0.25) is 0 Å². The first-order valence-electron chi connectivity index (χ1n) is 8.33. The van der Waals surface area contributed by atoms with Crippen LogP contribution >= 0.6 is 0 Å². The molecule has 0 spiro atoms. The lowest BCUT2D eigenvalue weighted by molar-refractivity contribution is 0.0524. The zero-order valence-electron chi connectivity index (χ0n) is 13.6. The number of rotatable bonds is 6. The molecular formula is C19H24N2O2. The minimum Gasteiger partial charge on any atom is -0.376 e. The van der Waals surface area contributed by atoms with Crippen molar-refractivity contribution < 1.29 is 9.53 Å². The third-order valence-corrected chi connectivity index (χ3v) is 4.42. The van der Waals surface area contributed by atoms with E-state index < -0.39 is 0 Å². The molecule has 0 aliphatic carbocycles. The first kappa shape index (κ1) is 15.8. The minimum atomic E-state index is 0.110. The molecule has 1 fully saturated rings. The molecule has 0 radical (unpaired) electrons. The molecule has 23 heavy (non-hydrogen) atoms. The van der Waals surface area contributed by atoms with Crippen LogP contribution in [0.3, 0.4) is 0 Å². The quantitative estimate of drug-likeness (QED) is 0.833. The summed E-state index contributed by atoms with van der Waals surface area (Å²) >= 11 is 0. The molecule has 1 aliphatic heterocycles. The maximum absolute atomic E-state index is 12.4. The minimum absolute atomic E-state index is 0.110. The number of ether oxygens (including phenoxy) is 1. The van der Waals surface area contributed by atoms with Crippen molar-refractivity contribution in [2.24, 2.45) is 0 Å². The number of nitrogens with one attached hydrogen (secondary N) is 1. The van der Waals surface area contributed by atoms with Gasteiger partial charge in [-0.2, -0.15) is 0 Å². The van der Waals surface area contributed by atoms with Gasteiger partial charge in [-0.25, -0.2) is 0 Å². The van der Waals surface area contributed by atoms with Crippen LogP contribution in [0.25, 0.3) is 0 Å². The summed E-state index contributed by atoms with van der Waals surface area (Å²) in [6.07, 6.45) is 4.98. The number of aromatic amines is 1. The van der Waals surface area contributed by atoms with Crippen LogP contribution in [0.15, 0.2) is 42.6 Å². The summed E-state index contributed by atoms with van der Waals surface area (Å²) in [4.78, 5) is 17.4. The van der Waals surface area contributed by atoms with Crippen molar-refractivity contribution in [1.82, 2.24) is 9.88 Å². The fraction of sp³-hybridized carbons (Fsp3) is 0.421.